The van der Waals surface area contributed by atoms with E-state index in [4.69, 9.17) is 10.5 Å². The van der Waals surface area contributed by atoms with Gasteiger partial charge in [-0.2, -0.15) is 0 Å². The number of anilines is 1. The van der Waals surface area contributed by atoms with Crippen LogP contribution in [0, 0.1) is 0 Å². The lowest BCUT2D eigenvalue weighted by Crippen LogP contribution is -2.45. The number of nitrogens with zero attached hydrogens (tertiary/aromatic N) is 3. The number of hydrogen-bond donors (Lipinski definition) is 1. The third-order valence-electron chi connectivity index (χ3n) is 3.01. The molecule has 5 heteroatoms. The first kappa shape index (κ1) is 12.1. The van der Waals surface area contributed by atoms with Crippen molar-refractivity contribution >= 4 is 5.69 Å². The Morgan fingerprint density at radius 2 is 2.06 bits per heavy atom. The van der Waals surface area contributed by atoms with Crippen molar-refractivity contribution in [3.8, 4) is 5.88 Å². The molecule has 1 aliphatic heterocycles. The second-order valence-electron chi connectivity index (χ2n) is 4.42. The van der Waals surface area contributed by atoms with Crippen LogP contribution in [0.25, 0.3) is 0 Å². The lowest BCUT2D eigenvalue weighted by atomic mass is 10.3. The molecule has 2 rings (SSSR count). The molecular formula is C12H20N4O. The molecule has 0 spiro atoms. The van der Waals surface area contributed by atoms with Gasteiger partial charge in [0, 0.05) is 38.8 Å². The average molecular weight is 236 g/mol. The van der Waals surface area contributed by atoms with E-state index in [1.165, 1.54) is 0 Å². The van der Waals surface area contributed by atoms with Crippen LogP contribution in [-0.4, -0.2) is 61.2 Å². The first-order valence-electron chi connectivity index (χ1n) is 5.99. The molecule has 17 heavy (non-hydrogen) atoms. The van der Waals surface area contributed by atoms with Gasteiger partial charge in [0.2, 0.25) is 5.88 Å². The van der Waals surface area contributed by atoms with Crippen molar-refractivity contribution in [2.75, 3.05) is 52.1 Å². The molecule has 1 aromatic heterocycles. The zero-order valence-electron chi connectivity index (χ0n) is 10.3. The predicted molar refractivity (Wildman–Crippen MR) is 68.1 cm³/mol. The standard InChI is InChI=1S/C12H20N4O/c1-15-4-6-16(7-5-15)8-9-17-12-3-2-11(13)10-14-12/h2-3,10H,4-9,13H2,1H3. The summed E-state index contributed by atoms with van der Waals surface area (Å²) in [7, 11) is 2.16. The van der Waals surface area contributed by atoms with E-state index in [-0.39, 0.29) is 0 Å². The fourth-order valence-corrected chi connectivity index (χ4v) is 1.83. The molecule has 1 fully saturated rings. The smallest absolute Gasteiger partial charge is 0.213 e. The summed E-state index contributed by atoms with van der Waals surface area (Å²) >= 11 is 0. The van der Waals surface area contributed by atoms with E-state index in [0.717, 1.165) is 32.7 Å². The second-order valence-corrected chi connectivity index (χ2v) is 4.42. The van der Waals surface area contributed by atoms with Gasteiger partial charge in [-0.25, -0.2) is 4.98 Å². The Morgan fingerprint density at radius 3 is 2.71 bits per heavy atom. The van der Waals surface area contributed by atoms with Gasteiger partial charge in [-0.15, -0.1) is 0 Å². The molecule has 0 amide bonds. The van der Waals surface area contributed by atoms with E-state index < -0.39 is 0 Å². The maximum absolute atomic E-state index is 5.57. The van der Waals surface area contributed by atoms with Crippen molar-refractivity contribution in [2.24, 2.45) is 0 Å². The van der Waals surface area contributed by atoms with Gasteiger partial charge in [0.05, 0.1) is 11.9 Å². The first-order chi connectivity index (χ1) is 8.24. The molecule has 1 saturated heterocycles. The molecule has 0 aliphatic carbocycles. The molecule has 2 heterocycles. The number of likely N-dealkylation sites (N-methyl/N-ethyl adjacent to an activating group) is 1. The van der Waals surface area contributed by atoms with Gasteiger partial charge in [-0.05, 0) is 13.1 Å². The summed E-state index contributed by atoms with van der Waals surface area (Å²) in [5.74, 6) is 0.647. The number of pyridine rings is 1. The minimum absolute atomic E-state index is 0.647. The summed E-state index contributed by atoms with van der Waals surface area (Å²) in [6.45, 7) is 6.16. The van der Waals surface area contributed by atoms with Crippen LogP contribution in [0.2, 0.25) is 0 Å². The highest BCUT2D eigenvalue weighted by atomic mass is 16.5. The van der Waals surface area contributed by atoms with Crippen LogP contribution in [0.4, 0.5) is 5.69 Å². The largest absolute Gasteiger partial charge is 0.476 e. The molecule has 1 aliphatic rings. The molecule has 2 N–H and O–H groups in total. The summed E-state index contributed by atoms with van der Waals surface area (Å²) in [4.78, 5) is 8.86. The highest BCUT2D eigenvalue weighted by Crippen LogP contribution is 2.08. The fraction of sp³-hybridized carbons (Fsp3) is 0.583. The lowest BCUT2D eigenvalue weighted by molar-refractivity contribution is 0.132. The second kappa shape index (κ2) is 5.84. The molecule has 0 unspecified atom stereocenters. The van der Waals surface area contributed by atoms with E-state index in [9.17, 15) is 0 Å². The van der Waals surface area contributed by atoms with Crippen molar-refractivity contribution in [1.29, 1.82) is 0 Å². The zero-order valence-corrected chi connectivity index (χ0v) is 10.3. The van der Waals surface area contributed by atoms with Crippen LogP contribution in [0.1, 0.15) is 0 Å². The molecule has 0 saturated carbocycles. The number of hydrogen-bond acceptors (Lipinski definition) is 5. The Morgan fingerprint density at radius 1 is 1.29 bits per heavy atom. The van der Waals surface area contributed by atoms with Gasteiger partial charge >= 0.3 is 0 Å². The summed E-state index contributed by atoms with van der Waals surface area (Å²) in [5, 5.41) is 0. The summed E-state index contributed by atoms with van der Waals surface area (Å²) < 4.78 is 5.57. The monoisotopic (exact) mass is 236 g/mol. The molecule has 0 aromatic carbocycles. The van der Waals surface area contributed by atoms with E-state index in [1.807, 2.05) is 0 Å². The number of nitrogens with two attached hydrogens (primary N) is 1. The predicted octanol–water partition coefficient (Wildman–Crippen LogP) is 0.290. The zero-order chi connectivity index (χ0) is 12.1. The fourth-order valence-electron chi connectivity index (χ4n) is 1.83. The molecule has 0 radical (unpaired) electrons. The third kappa shape index (κ3) is 3.87. The Bertz CT molecular complexity index is 333. The van der Waals surface area contributed by atoms with Gasteiger partial charge in [-0.1, -0.05) is 0 Å². The van der Waals surface area contributed by atoms with Crippen LogP contribution in [0.3, 0.4) is 0 Å². The maximum Gasteiger partial charge on any atom is 0.213 e. The summed E-state index contributed by atoms with van der Waals surface area (Å²) in [5.41, 5.74) is 6.22. The van der Waals surface area contributed by atoms with Crippen molar-refractivity contribution in [3.05, 3.63) is 18.3 Å². The van der Waals surface area contributed by atoms with E-state index in [0.29, 0.717) is 18.2 Å². The van der Waals surface area contributed by atoms with Crippen molar-refractivity contribution in [3.63, 3.8) is 0 Å². The van der Waals surface area contributed by atoms with Crippen LogP contribution >= 0.6 is 0 Å². The van der Waals surface area contributed by atoms with Crippen LogP contribution in [0.15, 0.2) is 18.3 Å². The minimum atomic E-state index is 0.647. The van der Waals surface area contributed by atoms with Crippen molar-refractivity contribution in [1.82, 2.24) is 14.8 Å². The molecule has 0 atom stereocenters. The van der Waals surface area contributed by atoms with Crippen molar-refractivity contribution in [2.45, 2.75) is 0 Å². The molecule has 5 nitrogen and oxygen atoms in total. The number of aromatic nitrogens is 1. The Hall–Kier alpha value is -1.33. The SMILES string of the molecule is CN1CCN(CCOc2ccc(N)cn2)CC1. The highest BCUT2D eigenvalue weighted by molar-refractivity contribution is 5.35. The summed E-state index contributed by atoms with van der Waals surface area (Å²) in [6, 6.07) is 3.61. The highest BCUT2D eigenvalue weighted by Gasteiger charge is 2.13. The van der Waals surface area contributed by atoms with E-state index in [2.05, 4.69) is 21.8 Å². The van der Waals surface area contributed by atoms with Crippen LogP contribution < -0.4 is 10.5 Å². The van der Waals surface area contributed by atoms with Gasteiger partial charge in [0.1, 0.15) is 6.61 Å². The Labute approximate surface area is 102 Å². The number of rotatable bonds is 4. The van der Waals surface area contributed by atoms with Gasteiger partial charge in [-0.3, -0.25) is 4.90 Å². The van der Waals surface area contributed by atoms with E-state index in [1.54, 1.807) is 18.3 Å². The third-order valence-corrected chi connectivity index (χ3v) is 3.01. The molecule has 0 bridgehead atoms. The van der Waals surface area contributed by atoms with Gasteiger partial charge < -0.3 is 15.4 Å². The van der Waals surface area contributed by atoms with Crippen LogP contribution in [0.5, 0.6) is 5.88 Å². The van der Waals surface area contributed by atoms with Gasteiger partial charge in [0.15, 0.2) is 0 Å². The Kier molecular flexibility index (Phi) is 4.17. The van der Waals surface area contributed by atoms with Gasteiger partial charge in [0.25, 0.3) is 0 Å². The van der Waals surface area contributed by atoms with Crippen molar-refractivity contribution < 1.29 is 4.74 Å². The number of piperazine rings is 1. The topological polar surface area (TPSA) is 54.6 Å². The summed E-state index contributed by atoms with van der Waals surface area (Å²) in [6.07, 6.45) is 1.62. The average Bonchev–Trinajstić information content (AvgIpc) is 2.34. The molecule has 1 aromatic rings. The number of ether oxygens (including phenoxy) is 1. The molecular weight excluding hydrogens is 216 g/mol. The quantitative estimate of drug-likeness (QED) is 0.814. The maximum atomic E-state index is 5.57. The first-order valence-corrected chi connectivity index (χ1v) is 5.99. The minimum Gasteiger partial charge on any atom is -0.476 e. The Balaban J connectivity index is 1.67. The van der Waals surface area contributed by atoms with Crippen LogP contribution in [-0.2, 0) is 0 Å². The molecule has 94 valence electrons. The number of nitrogen functional groups attached to an aromatic ring is 1. The normalized spacial score (nSPS) is 18.2. The van der Waals surface area contributed by atoms with E-state index >= 15 is 0 Å². The lowest BCUT2D eigenvalue weighted by Gasteiger charge is -2.32.